The first kappa shape index (κ1) is 11.2. The van der Waals surface area contributed by atoms with Gasteiger partial charge in [0.1, 0.15) is 11.8 Å². The van der Waals surface area contributed by atoms with Gasteiger partial charge in [0, 0.05) is 19.7 Å². The van der Waals surface area contributed by atoms with Crippen LogP contribution < -0.4 is 5.32 Å². The molecule has 1 aromatic heterocycles. The van der Waals surface area contributed by atoms with Crippen molar-refractivity contribution in [2.75, 3.05) is 13.2 Å². The largest absolute Gasteiger partial charge is 0.496 e. The molecular weight excluding hydrogens is 202 g/mol. The quantitative estimate of drug-likeness (QED) is 0.823. The van der Waals surface area contributed by atoms with Crippen molar-refractivity contribution in [2.45, 2.75) is 25.8 Å². The van der Waals surface area contributed by atoms with Crippen LogP contribution in [0.2, 0.25) is 0 Å². The molecule has 1 unspecified atom stereocenters. The maximum Gasteiger partial charge on any atom is 0.115 e. The van der Waals surface area contributed by atoms with E-state index in [0.717, 1.165) is 37.4 Å². The monoisotopic (exact) mass is 221 g/mol. The number of aromatic nitrogens is 2. The summed E-state index contributed by atoms with van der Waals surface area (Å²) in [5, 5.41) is 7.91. The zero-order valence-corrected chi connectivity index (χ0v) is 9.94. The summed E-state index contributed by atoms with van der Waals surface area (Å²) < 4.78 is 7.45. The van der Waals surface area contributed by atoms with E-state index >= 15 is 0 Å². The molecule has 0 radical (unpaired) electrons. The van der Waals surface area contributed by atoms with Gasteiger partial charge < -0.3 is 10.1 Å². The van der Waals surface area contributed by atoms with Gasteiger partial charge in [0.2, 0.25) is 0 Å². The molecule has 0 amide bonds. The van der Waals surface area contributed by atoms with Crippen molar-refractivity contribution < 1.29 is 4.74 Å². The Bertz CT molecular complexity index is 370. The normalized spacial score (nSPS) is 17.0. The molecule has 0 saturated carbocycles. The number of nitrogens with zero attached hydrogens (tertiary/aromatic N) is 2. The van der Waals surface area contributed by atoms with Crippen molar-refractivity contribution >= 4 is 0 Å². The molecule has 88 valence electrons. The number of hydrogen-bond donors (Lipinski definition) is 1. The third-order valence-electron chi connectivity index (χ3n) is 2.65. The van der Waals surface area contributed by atoms with Crippen LogP contribution in [0.3, 0.4) is 0 Å². The van der Waals surface area contributed by atoms with Crippen molar-refractivity contribution in [3.05, 3.63) is 29.8 Å². The smallest absolute Gasteiger partial charge is 0.115 e. The van der Waals surface area contributed by atoms with Gasteiger partial charge in [0.15, 0.2) is 0 Å². The fraction of sp³-hybridized carbons (Fsp3) is 0.583. The second kappa shape index (κ2) is 5.16. The summed E-state index contributed by atoms with van der Waals surface area (Å²) in [6.45, 7) is 3.93. The average Bonchev–Trinajstić information content (AvgIpc) is 2.91. The Kier molecular flexibility index (Phi) is 3.62. The van der Waals surface area contributed by atoms with E-state index in [1.807, 2.05) is 24.0 Å². The summed E-state index contributed by atoms with van der Waals surface area (Å²) in [6, 6.07) is 2.15. The Morgan fingerprint density at radius 3 is 3.06 bits per heavy atom. The van der Waals surface area contributed by atoms with E-state index in [0.29, 0.717) is 0 Å². The lowest BCUT2D eigenvalue weighted by Gasteiger charge is -2.17. The molecule has 0 spiro atoms. The van der Waals surface area contributed by atoms with Gasteiger partial charge in [-0.05, 0) is 25.1 Å². The molecule has 1 N–H and O–H groups in total. The van der Waals surface area contributed by atoms with Crippen LogP contribution in [0.15, 0.2) is 24.1 Å². The predicted octanol–water partition coefficient (Wildman–Crippen LogP) is 1.76. The van der Waals surface area contributed by atoms with Gasteiger partial charge in [-0.2, -0.15) is 5.10 Å². The first-order chi connectivity index (χ1) is 7.81. The van der Waals surface area contributed by atoms with E-state index in [2.05, 4.69) is 23.4 Å². The van der Waals surface area contributed by atoms with Gasteiger partial charge in [-0.1, -0.05) is 6.92 Å². The maximum atomic E-state index is 5.63. The molecule has 0 saturated heterocycles. The third-order valence-corrected chi connectivity index (χ3v) is 2.65. The molecular formula is C12H19N3O. The summed E-state index contributed by atoms with van der Waals surface area (Å²) >= 11 is 0. The third kappa shape index (κ3) is 2.44. The molecule has 16 heavy (non-hydrogen) atoms. The SMILES string of the molecule is CCCNC(C1=CCCO1)c1ccn(C)n1. The number of ether oxygens (including phenoxy) is 1. The van der Waals surface area contributed by atoms with Gasteiger partial charge in [-0.15, -0.1) is 0 Å². The number of aryl methyl sites for hydroxylation is 1. The zero-order chi connectivity index (χ0) is 11.4. The Morgan fingerprint density at radius 2 is 2.50 bits per heavy atom. The lowest BCUT2D eigenvalue weighted by molar-refractivity contribution is 0.214. The summed E-state index contributed by atoms with van der Waals surface area (Å²) in [4.78, 5) is 0. The van der Waals surface area contributed by atoms with E-state index in [-0.39, 0.29) is 6.04 Å². The van der Waals surface area contributed by atoms with Crippen molar-refractivity contribution in [1.82, 2.24) is 15.1 Å². The molecule has 1 aliphatic heterocycles. The van der Waals surface area contributed by atoms with Gasteiger partial charge in [0.25, 0.3) is 0 Å². The topological polar surface area (TPSA) is 39.1 Å². The number of rotatable bonds is 5. The minimum absolute atomic E-state index is 0.114. The lowest BCUT2D eigenvalue weighted by Crippen LogP contribution is -2.24. The molecule has 0 aromatic carbocycles. The second-order valence-corrected chi connectivity index (χ2v) is 4.05. The Balaban J connectivity index is 2.13. The van der Waals surface area contributed by atoms with E-state index < -0.39 is 0 Å². The molecule has 1 aliphatic rings. The van der Waals surface area contributed by atoms with Crippen LogP contribution >= 0.6 is 0 Å². The Hall–Kier alpha value is -1.29. The Morgan fingerprint density at radius 1 is 1.62 bits per heavy atom. The highest BCUT2D eigenvalue weighted by atomic mass is 16.5. The molecule has 4 heteroatoms. The van der Waals surface area contributed by atoms with Crippen molar-refractivity contribution in [2.24, 2.45) is 7.05 Å². The van der Waals surface area contributed by atoms with Crippen LogP contribution in [0.25, 0.3) is 0 Å². The van der Waals surface area contributed by atoms with E-state index in [4.69, 9.17) is 4.74 Å². The molecule has 0 bridgehead atoms. The highest BCUT2D eigenvalue weighted by molar-refractivity contribution is 5.19. The molecule has 0 fully saturated rings. The second-order valence-electron chi connectivity index (χ2n) is 4.05. The van der Waals surface area contributed by atoms with Gasteiger partial charge >= 0.3 is 0 Å². The lowest BCUT2D eigenvalue weighted by atomic mass is 10.1. The van der Waals surface area contributed by atoms with Crippen molar-refractivity contribution in [3.63, 3.8) is 0 Å². The van der Waals surface area contributed by atoms with Crippen LogP contribution in [0.5, 0.6) is 0 Å². The minimum atomic E-state index is 0.114. The van der Waals surface area contributed by atoms with E-state index in [1.165, 1.54) is 0 Å². The van der Waals surface area contributed by atoms with Gasteiger partial charge in [0.05, 0.1) is 12.3 Å². The van der Waals surface area contributed by atoms with Gasteiger partial charge in [-0.25, -0.2) is 0 Å². The highest BCUT2D eigenvalue weighted by Gasteiger charge is 2.21. The minimum Gasteiger partial charge on any atom is -0.496 e. The van der Waals surface area contributed by atoms with Crippen LogP contribution in [0, 0.1) is 0 Å². The van der Waals surface area contributed by atoms with Gasteiger partial charge in [-0.3, -0.25) is 4.68 Å². The molecule has 1 atom stereocenters. The van der Waals surface area contributed by atoms with E-state index in [9.17, 15) is 0 Å². The van der Waals surface area contributed by atoms with Crippen LogP contribution in [0.1, 0.15) is 31.5 Å². The molecule has 1 aromatic rings. The summed E-state index contributed by atoms with van der Waals surface area (Å²) in [5.74, 6) is 1.02. The molecule has 2 heterocycles. The fourth-order valence-corrected chi connectivity index (χ4v) is 1.86. The number of nitrogens with one attached hydrogen (secondary N) is 1. The average molecular weight is 221 g/mol. The van der Waals surface area contributed by atoms with E-state index in [1.54, 1.807) is 0 Å². The fourth-order valence-electron chi connectivity index (χ4n) is 1.86. The van der Waals surface area contributed by atoms with Crippen LogP contribution in [0.4, 0.5) is 0 Å². The summed E-state index contributed by atoms with van der Waals surface area (Å²) in [6.07, 6.45) is 6.23. The predicted molar refractivity (Wildman–Crippen MR) is 62.9 cm³/mol. The standard InChI is InChI=1S/C12H19N3O/c1-3-7-13-12(11-5-4-9-16-11)10-6-8-15(2)14-10/h5-6,8,12-13H,3-4,7,9H2,1-2H3. The maximum absolute atomic E-state index is 5.63. The first-order valence-electron chi connectivity index (χ1n) is 5.87. The number of hydrogen-bond acceptors (Lipinski definition) is 3. The molecule has 2 rings (SSSR count). The zero-order valence-electron chi connectivity index (χ0n) is 9.94. The van der Waals surface area contributed by atoms with Crippen molar-refractivity contribution in [1.29, 1.82) is 0 Å². The van der Waals surface area contributed by atoms with Crippen molar-refractivity contribution in [3.8, 4) is 0 Å². The van der Waals surface area contributed by atoms with Crippen LogP contribution in [-0.4, -0.2) is 22.9 Å². The first-order valence-corrected chi connectivity index (χ1v) is 5.87. The molecule has 4 nitrogen and oxygen atoms in total. The Labute approximate surface area is 96.3 Å². The van der Waals surface area contributed by atoms with Crippen LogP contribution in [-0.2, 0) is 11.8 Å². The summed E-state index contributed by atoms with van der Waals surface area (Å²) in [7, 11) is 1.93. The summed E-state index contributed by atoms with van der Waals surface area (Å²) in [5.41, 5.74) is 1.03. The molecule has 0 aliphatic carbocycles. The highest BCUT2D eigenvalue weighted by Crippen LogP contribution is 2.25.